The molecule has 1 amide bonds. The number of rotatable bonds is 6. The van der Waals surface area contributed by atoms with Crippen LogP contribution in [0.15, 0.2) is 85.1 Å². The monoisotopic (exact) mass is 409 g/mol. The third kappa shape index (κ3) is 5.14. The summed E-state index contributed by atoms with van der Waals surface area (Å²) in [6, 6.07) is 24.7. The summed E-state index contributed by atoms with van der Waals surface area (Å²) in [5.74, 6) is 1.39. The van der Waals surface area contributed by atoms with Crippen LogP contribution in [-0.4, -0.2) is 15.9 Å². The topological polar surface area (TPSA) is 64.1 Å². The fourth-order valence-corrected chi connectivity index (χ4v) is 3.15. The Bertz CT molecular complexity index is 1200. The lowest BCUT2D eigenvalue weighted by Crippen LogP contribution is -2.23. The summed E-state index contributed by atoms with van der Waals surface area (Å²) in [6.07, 6.45) is 1.66. The molecule has 0 bridgehead atoms. The molecule has 1 aromatic heterocycles. The van der Waals surface area contributed by atoms with Crippen molar-refractivity contribution in [2.24, 2.45) is 0 Å². The number of aryl methyl sites for hydroxylation is 2. The van der Waals surface area contributed by atoms with Crippen LogP contribution in [0.3, 0.4) is 0 Å². The molecule has 5 nitrogen and oxygen atoms in total. The summed E-state index contributed by atoms with van der Waals surface area (Å²) < 4.78 is 5.91. The third-order valence-corrected chi connectivity index (χ3v) is 4.96. The molecule has 0 saturated carbocycles. The number of hydrogen-bond acceptors (Lipinski definition) is 4. The summed E-state index contributed by atoms with van der Waals surface area (Å²) in [7, 11) is 0. The summed E-state index contributed by atoms with van der Waals surface area (Å²) in [6.45, 7) is 4.54. The van der Waals surface area contributed by atoms with E-state index in [4.69, 9.17) is 4.74 Å². The zero-order valence-electron chi connectivity index (χ0n) is 17.5. The molecule has 3 aromatic carbocycles. The van der Waals surface area contributed by atoms with E-state index >= 15 is 0 Å². The molecule has 0 spiro atoms. The molecule has 4 aromatic rings. The van der Waals surface area contributed by atoms with Gasteiger partial charge in [-0.2, -0.15) is 4.98 Å². The molecule has 0 saturated heterocycles. The van der Waals surface area contributed by atoms with Crippen molar-refractivity contribution < 1.29 is 9.53 Å². The third-order valence-electron chi connectivity index (χ3n) is 4.96. The Labute approximate surface area is 181 Å². The standard InChI is InChI=1S/C26H23N3O2/c1-18-10-12-20(13-11-18)25-27-15-14-24(29-25)31-23-9-5-8-21(16-23)26(30)28-17-22-7-4-3-6-19(22)2/h3-16H,17H2,1-2H3,(H,28,30). The van der Waals surface area contributed by atoms with Gasteiger partial charge in [0.1, 0.15) is 5.75 Å². The number of benzene rings is 3. The lowest BCUT2D eigenvalue weighted by atomic mass is 10.1. The van der Waals surface area contributed by atoms with Gasteiger partial charge in [-0.25, -0.2) is 4.98 Å². The number of ether oxygens (including phenoxy) is 1. The molecule has 0 atom stereocenters. The molecule has 0 aliphatic heterocycles. The normalized spacial score (nSPS) is 10.5. The highest BCUT2D eigenvalue weighted by Gasteiger charge is 2.09. The second-order valence-corrected chi connectivity index (χ2v) is 7.32. The number of aromatic nitrogens is 2. The Kier molecular flexibility index (Phi) is 6.03. The fourth-order valence-electron chi connectivity index (χ4n) is 3.15. The van der Waals surface area contributed by atoms with Gasteiger partial charge in [-0.05, 0) is 43.2 Å². The second-order valence-electron chi connectivity index (χ2n) is 7.32. The van der Waals surface area contributed by atoms with Crippen LogP contribution in [-0.2, 0) is 6.54 Å². The van der Waals surface area contributed by atoms with E-state index in [1.807, 2.05) is 62.4 Å². The number of nitrogens with zero attached hydrogens (tertiary/aromatic N) is 2. The highest BCUT2D eigenvalue weighted by molar-refractivity contribution is 5.94. The first-order valence-corrected chi connectivity index (χ1v) is 10.1. The van der Waals surface area contributed by atoms with Gasteiger partial charge in [0.2, 0.25) is 5.88 Å². The second kappa shape index (κ2) is 9.22. The summed E-state index contributed by atoms with van der Waals surface area (Å²) in [5, 5.41) is 2.96. The Hall–Kier alpha value is -3.99. The van der Waals surface area contributed by atoms with Crippen LogP contribution in [0.2, 0.25) is 0 Å². The molecule has 0 fully saturated rings. The van der Waals surface area contributed by atoms with Crippen LogP contribution in [0, 0.1) is 13.8 Å². The molecule has 0 aliphatic carbocycles. The zero-order chi connectivity index (χ0) is 21.6. The SMILES string of the molecule is Cc1ccc(-c2nccc(Oc3cccc(C(=O)NCc4ccccc4C)c3)n2)cc1. The van der Waals surface area contributed by atoms with Gasteiger partial charge in [0.25, 0.3) is 5.91 Å². The number of nitrogens with one attached hydrogen (secondary N) is 1. The van der Waals surface area contributed by atoms with Gasteiger partial charge in [-0.3, -0.25) is 4.79 Å². The summed E-state index contributed by atoms with van der Waals surface area (Å²) >= 11 is 0. The molecule has 0 radical (unpaired) electrons. The van der Waals surface area contributed by atoms with Crippen LogP contribution in [0.25, 0.3) is 11.4 Å². The van der Waals surface area contributed by atoms with E-state index < -0.39 is 0 Å². The van der Waals surface area contributed by atoms with Gasteiger partial charge in [0.15, 0.2) is 5.82 Å². The Morgan fingerprint density at radius 2 is 1.74 bits per heavy atom. The van der Waals surface area contributed by atoms with Crippen LogP contribution in [0.4, 0.5) is 0 Å². The number of hydrogen-bond donors (Lipinski definition) is 1. The van der Waals surface area contributed by atoms with Gasteiger partial charge in [-0.15, -0.1) is 0 Å². The molecule has 31 heavy (non-hydrogen) atoms. The fraction of sp³-hybridized carbons (Fsp3) is 0.115. The zero-order valence-corrected chi connectivity index (χ0v) is 17.5. The van der Waals surface area contributed by atoms with Gasteiger partial charge < -0.3 is 10.1 Å². The van der Waals surface area contributed by atoms with E-state index in [1.165, 1.54) is 5.56 Å². The van der Waals surface area contributed by atoms with Gasteiger partial charge in [0, 0.05) is 29.9 Å². The first-order chi connectivity index (χ1) is 15.1. The molecular weight excluding hydrogens is 386 g/mol. The van der Waals surface area contributed by atoms with Gasteiger partial charge in [-0.1, -0.05) is 60.2 Å². The van der Waals surface area contributed by atoms with Crippen molar-refractivity contribution in [1.82, 2.24) is 15.3 Å². The highest BCUT2D eigenvalue weighted by atomic mass is 16.5. The van der Waals surface area contributed by atoms with Crippen molar-refractivity contribution in [1.29, 1.82) is 0 Å². The van der Waals surface area contributed by atoms with Crippen molar-refractivity contribution in [3.63, 3.8) is 0 Å². The molecule has 1 N–H and O–H groups in total. The van der Waals surface area contributed by atoms with Crippen LogP contribution in [0.1, 0.15) is 27.0 Å². The number of amides is 1. The minimum absolute atomic E-state index is 0.156. The maximum atomic E-state index is 12.6. The largest absolute Gasteiger partial charge is 0.439 e. The van der Waals surface area contributed by atoms with Crippen molar-refractivity contribution in [3.8, 4) is 23.0 Å². The van der Waals surface area contributed by atoms with E-state index in [0.717, 1.165) is 16.7 Å². The van der Waals surface area contributed by atoms with E-state index in [0.29, 0.717) is 29.6 Å². The lowest BCUT2D eigenvalue weighted by Gasteiger charge is -2.10. The predicted molar refractivity (Wildman–Crippen MR) is 121 cm³/mol. The van der Waals surface area contributed by atoms with E-state index in [2.05, 4.69) is 15.3 Å². The lowest BCUT2D eigenvalue weighted by molar-refractivity contribution is 0.0950. The molecule has 1 heterocycles. The summed E-state index contributed by atoms with van der Waals surface area (Å²) in [5.41, 5.74) is 4.86. The molecule has 5 heteroatoms. The van der Waals surface area contributed by atoms with Gasteiger partial charge in [0.05, 0.1) is 0 Å². The van der Waals surface area contributed by atoms with Crippen molar-refractivity contribution in [3.05, 3.63) is 107 Å². The Balaban J connectivity index is 1.46. The van der Waals surface area contributed by atoms with E-state index in [1.54, 1.807) is 36.5 Å². The predicted octanol–water partition coefficient (Wildman–Crippen LogP) is 5.48. The average Bonchev–Trinajstić information content (AvgIpc) is 2.79. The maximum Gasteiger partial charge on any atom is 0.251 e. The summed E-state index contributed by atoms with van der Waals surface area (Å²) in [4.78, 5) is 21.4. The van der Waals surface area contributed by atoms with Crippen LogP contribution in [0.5, 0.6) is 11.6 Å². The van der Waals surface area contributed by atoms with Gasteiger partial charge >= 0.3 is 0 Å². The molecule has 4 rings (SSSR count). The molecule has 0 unspecified atom stereocenters. The molecule has 0 aliphatic rings. The molecular formula is C26H23N3O2. The van der Waals surface area contributed by atoms with Crippen molar-refractivity contribution in [2.75, 3.05) is 0 Å². The minimum atomic E-state index is -0.156. The first-order valence-electron chi connectivity index (χ1n) is 10.1. The van der Waals surface area contributed by atoms with Crippen molar-refractivity contribution >= 4 is 5.91 Å². The number of carbonyl (C=O) groups is 1. The minimum Gasteiger partial charge on any atom is -0.439 e. The number of carbonyl (C=O) groups excluding carboxylic acids is 1. The Morgan fingerprint density at radius 1 is 0.935 bits per heavy atom. The van der Waals surface area contributed by atoms with E-state index in [9.17, 15) is 4.79 Å². The maximum absolute atomic E-state index is 12.6. The molecule has 154 valence electrons. The quantitative estimate of drug-likeness (QED) is 0.458. The van der Waals surface area contributed by atoms with Crippen LogP contribution >= 0.6 is 0 Å². The van der Waals surface area contributed by atoms with E-state index in [-0.39, 0.29) is 5.91 Å². The first kappa shape index (κ1) is 20.3. The highest BCUT2D eigenvalue weighted by Crippen LogP contribution is 2.23. The Morgan fingerprint density at radius 3 is 2.55 bits per heavy atom. The van der Waals surface area contributed by atoms with Crippen molar-refractivity contribution in [2.45, 2.75) is 20.4 Å². The average molecular weight is 409 g/mol. The smallest absolute Gasteiger partial charge is 0.251 e. The van der Waals surface area contributed by atoms with Crippen LogP contribution < -0.4 is 10.1 Å².